The quantitative estimate of drug-likeness (QED) is 0.422. The van der Waals surface area contributed by atoms with Gasteiger partial charge in [-0.1, -0.05) is 42.5 Å². The number of nitrogens with zero attached hydrogens (tertiary/aromatic N) is 1. The number of benzene rings is 2. The Morgan fingerprint density at radius 2 is 1.79 bits per heavy atom. The number of aryl methyl sites for hydroxylation is 1. The summed E-state index contributed by atoms with van der Waals surface area (Å²) in [5.41, 5.74) is 1.41. The number of alkyl halides is 3. The fourth-order valence-electron chi connectivity index (χ4n) is 3.23. The van der Waals surface area contributed by atoms with Crippen molar-refractivity contribution in [3.05, 3.63) is 98.9 Å². The molecule has 0 bridgehead atoms. The van der Waals surface area contributed by atoms with E-state index < -0.39 is 23.6 Å². The lowest BCUT2D eigenvalue weighted by molar-refractivity contribution is -0.274. The molecular weight excluding hydrogens is 475 g/mol. The molecule has 6 nitrogen and oxygen atoms in total. The van der Waals surface area contributed by atoms with Crippen LogP contribution < -0.4 is 15.0 Å². The first-order valence-corrected chi connectivity index (χ1v) is 10.3. The number of aromatic carboxylic acids is 1. The van der Waals surface area contributed by atoms with E-state index in [1.807, 2.05) is 0 Å². The second-order valence-electron chi connectivity index (χ2n) is 7.12. The van der Waals surface area contributed by atoms with Crippen molar-refractivity contribution in [2.45, 2.75) is 25.9 Å². The lowest BCUT2D eigenvalue weighted by Gasteiger charge is -2.18. The Morgan fingerprint density at radius 1 is 1.12 bits per heavy atom. The number of carbonyl (C=O) groups is 1. The minimum atomic E-state index is -4.84. The first-order chi connectivity index (χ1) is 16.1. The molecule has 3 rings (SSSR count). The van der Waals surface area contributed by atoms with Gasteiger partial charge in [0.15, 0.2) is 0 Å². The molecule has 0 saturated carbocycles. The van der Waals surface area contributed by atoms with E-state index in [1.165, 1.54) is 41.0 Å². The van der Waals surface area contributed by atoms with E-state index in [0.717, 1.165) is 17.7 Å². The topological polar surface area (TPSA) is 77.8 Å². The number of halogens is 4. The molecule has 0 spiro atoms. The molecular formula is C24H19ClF3NO5. The van der Waals surface area contributed by atoms with Crippen LogP contribution in [0.5, 0.6) is 11.5 Å². The van der Waals surface area contributed by atoms with Crippen LogP contribution in [-0.2, 0) is 19.6 Å². The molecule has 0 amide bonds. The normalized spacial score (nSPS) is 11.2. The van der Waals surface area contributed by atoms with Gasteiger partial charge in [-0.2, -0.15) is 0 Å². The predicted molar refractivity (Wildman–Crippen MR) is 120 cm³/mol. The van der Waals surface area contributed by atoms with Crippen molar-refractivity contribution in [1.82, 2.24) is 4.57 Å². The fraction of sp³-hybridized carbons (Fsp3) is 0.167. The van der Waals surface area contributed by atoms with Gasteiger partial charge in [-0.3, -0.25) is 4.79 Å². The van der Waals surface area contributed by atoms with Gasteiger partial charge in [-0.05, 0) is 47.9 Å². The van der Waals surface area contributed by atoms with E-state index in [-0.39, 0.29) is 29.5 Å². The van der Waals surface area contributed by atoms with Gasteiger partial charge in [0.25, 0.3) is 5.56 Å². The first kappa shape index (κ1) is 24.9. The summed E-state index contributed by atoms with van der Waals surface area (Å²) in [6.45, 7) is 3.77. The maximum atomic E-state index is 12.8. The highest BCUT2D eigenvalue weighted by Crippen LogP contribution is 2.27. The molecule has 10 heteroatoms. The number of hydrogen-bond acceptors (Lipinski definition) is 4. The Bertz CT molecular complexity index is 1250. The lowest BCUT2D eigenvalue weighted by Crippen LogP contribution is -2.27. The summed E-state index contributed by atoms with van der Waals surface area (Å²) in [5, 5.41) is 9.00. The summed E-state index contributed by atoms with van der Waals surface area (Å²) >= 11 is 6.10. The maximum Gasteiger partial charge on any atom is 0.573 e. The Balaban J connectivity index is 1.85. The fourth-order valence-corrected chi connectivity index (χ4v) is 3.45. The number of carboxylic acids is 1. The van der Waals surface area contributed by atoms with Crippen LogP contribution in [0.25, 0.3) is 6.08 Å². The molecule has 178 valence electrons. The average molecular weight is 494 g/mol. The Kier molecular flexibility index (Phi) is 7.68. The van der Waals surface area contributed by atoms with Crippen LogP contribution in [0.3, 0.4) is 0 Å². The zero-order valence-electron chi connectivity index (χ0n) is 17.6. The van der Waals surface area contributed by atoms with Gasteiger partial charge in [0, 0.05) is 12.6 Å². The second-order valence-corrected chi connectivity index (χ2v) is 7.53. The molecule has 1 heterocycles. The molecule has 0 aliphatic carbocycles. The highest BCUT2D eigenvalue weighted by atomic mass is 35.5. The third-order valence-electron chi connectivity index (χ3n) is 4.85. The Hall–Kier alpha value is -3.72. The minimum Gasteiger partial charge on any atom is -0.487 e. The van der Waals surface area contributed by atoms with Crippen LogP contribution >= 0.6 is 11.6 Å². The SMILES string of the molecule is C=Cc1cc(Cl)c(=O)n(CCc2ccc(C(=O)O)cc2)c1COc1cccc(OC(F)(F)F)c1. The van der Waals surface area contributed by atoms with E-state index in [1.54, 1.807) is 12.1 Å². The number of carboxylic acid groups (broad SMARTS) is 1. The van der Waals surface area contributed by atoms with Gasteiger partial charge in [0.05, 0.1) is 11.3 Å². The molecule has 1 N–H and O–H groups in total. The van der Waals surface area contributed by atoms with Gasteiger partial charge in [-0.15, -0.1) is 13.2 Å². The van der Waals surface area contributed by atoms with Crippen molar-refractivity contribution in [2.75, 3.05) is 0 Å². The molecule has 0 aliphatic rings. The monoisotopic (exact) mass is 493 g/mol. The smallest absolute Gasteiger partial charge is 0.487 e. The molecule has 34 heavy (non-hydrogen) atoms. The van der Waals surface area contributed by atoms with Crippen LogP contribution in [0.1, 0.15) is 27.2 Å². The number of rotatable bonds is 9. The van der Waals surface area contributed by atoms with E-state index in [0.29, 0.717) is 17.7 Å². The van der Waals surface area contributed by atoms with Gasteiger partial charge in [-0.25, -0.2) is 4.79 Å². The van der Waals surface area contributed by atoms with Gasteiger partial charge in [0.2, 0.25) is 0 Å². The number of aromatic nitrogens is 1. The average Bonchev–Trinajstić information content (AvgIpc) is 2.78. The first-order valence-electron chi connectivity index (χ1n) is 9.93. The molecule has 0 unspecified atom stereocenters. The van der Waals surface area contributed by atoms with Crippen molar-refractivity contribution in [3.8, 4) is 11.5 Å². The zero-order chi connectivity index (χ0) is 24.9. The van der Waals surface area contributed by atoms with E-state index in [4.69, 9.17) is 21.4 Å². The summed E-state index contributed by atoms with van der Waals surface area (Å²) in [5.74, 6) is -1.38. The molecule has 1 aromatic heterocycles. The molecule has 0 atom stereocenters. The summed E-state index contributed by atoms with van der Waals surface area (Å²) < 4.78 is 48.4. The van der Waals surface area contributed by atoms with Crippen molar-refractivity contribution < 1.29 is 32.5 Å². The highest BCUT2D eigenvalue weighted by Gasteiger charge is 2.31. The van der Waals surface area contributed by atoms with Gasteiger partial charge >= 0.3 is 12.3 Å². The van der Waals surface area contributed by atoms with Crippen molar-refractivity contribution >= 4 is 23.6 Å². The highest BCUT2D eigenvalue weighted by molar-refractivity contribution is 6.30. The number of ether oxygens (including phenoxy) is 2. The third-order valence-corrected chi connectivity index (χ3v) is 5.12. The Labute approximate surface area is 197 Å². The largest absolute Gasteiger partial charge is 0.573 e. The second kappa shape index (κ2) is 10.5. The minimum absolute atomic E-state index is 0.0274. The Morgan fingerprint density at radius 3 is 2.41 bits per heavy atom. The molecule has 0 fully saturated rings. The zero-order valence-corrected chi connectivity index (χ0v) is 18.4. The van der Waals surface area contributed by atoms with Crippen LogP contribution in [0.4, 0.5) is 13.2 Å². The maximum absolute atomic E-state index is 12.8. The summed E-state index contributed by atoms with van der Waals surface area (Å²) in [6.07, 6.45) is -2.96. The van der Waals surface area contributed by atoms with Crippen LogP contribution in [0, 0.1) is 0 Å². The van der Waals surface area contributed by atoms with E-state index in [9.17, 15) is 22.8 Å². The molecule has 3 aromatic rings. The molecule has 0 saturated heterocycles. The predicted octanol–water partition coefficient (Wildman–Crippen LogP) is 5.56. The van der Waals surface area contributed by atoms with Crippen LogP contribution in [0.2, 0.25) is 5.02 Å². The van der Waals surface area contributed by atoms with Crippen molar-refractivity contribution in [3.63, 3.8) is 0 Å². The lowest BCUT2D eigenvalue weighted by atomic mass is 10.1. The van der Waals surface area contributed by atoms with Crippen molar-refractivity contribution in [1.29, 1.82) is 0 Å². The van der Waals surface area contributed by atoms with Crippen LogP contribution in [0.15, 0.2) is 66.0 Å². The third kappa shape index (κ3) is 6.41. The molecule has 0 aliphatic heterocycles. The number of hydrogen-bond donors (Lipinski definition) is 1. The standard InChI is InChI=1S/C24H19ClF3NO5/c1-2-16-12-20(25)22(30)29(11-10-15-6-8-17(9-7-15)23(31)32)21(16)14-33-18-4-3-5-19(13-18)34-24(26,27)28/h2-9,12-13H,1,10-11,14H2,(H,31,32). The van der Waals surface area contributed by atoms with Crippen molar-refractivity contribution in [2.24, 2.45) is 0 Å². The van der Waals surface area contributed by atoms with Gasteiger partial charge < -0.3 is 19.1 Å². The summed E-state index contributed by atoms with van der Waals surface area (Å²) in [7, 11) is 0. The van der Waals surface area contributed by atoms with E-state index >= 15 is 0 Å². The van der Waals surface area contributed by atoms with Gasteiger partial charge in [0.1, 0.15) is 23.1 Å². The van der Waals surface area contributed by atoms with Crippen LogP contribution in [-0.4, -0.2) is 22.0 Å². The summed E-state index contributed by atoms with van der Waals surface area (Å²) in [4.78, 5) is 23.8. The summed E-state index contributed by atoms with van der Waals surface area (Å²) in [6, 6.07) is 12.7. The van der Waals surface area contributed by atoms with E-state index in [2.05, 4.69) is 11.3 Å². The molecule has 0 radical (unpaired) electrons. The molecule has 2 aromatic carbocycles. The number of pyridine rings is 1.